The molecule has 0 amide bonds. The van der Waals surface area contributed by atoms with Gasteiger partial charge in [-0.25, -0.2) is 0 Å². The van der Waals surface area contributed by atoms with E-state index in [0.29, 0.717) is 11.4 Å². The van der Waals surface area contributed by atoms with E-state index >= 15 is 0 Å². The number of ether oxygens (including phenoxy) is 1. The number of fused-ring (bicyclic) bond motifs is 1. The zero-order chi connectivity index (χ0) is 9.26. The lowest BCUT2D eigenvalue weighted by Crippen LogP contribution is -1.93. The Morgan fingerprint density at radius 2 is 1.77 bits per heavy atom. The zero-order valence-electron chi connectivity index (χ0n) is 7.19. The van der Waals surface area contributed by atoms with Crippen LogP contribution < -0.4 is 10.5 Å². The second-order valence-electron chi connectivity index (χ2n) is 2.64. The van der Waals surface area contributed by atoms with Gasteiger partial charge in [0.1, 0.15) is 5.75 Å². The lowest BCUT2D eigenvalue weighted by Gasteiger charge is -2.04. The monoisotopic (exact) mass is 175 g/mol. The molecule has 1 aromatic heterocycles. The number of rotatable bonds is 1. The fourth-order valence-corrected chi connectivity index (χ4v) is 1.18. The molecule has 1 aromatic carbocycles. The molecular formula is C9H9N3O. The summed E-state index contributed by atoms with van der Waals surface area (Å²) < 4.78 is 5.06. The molecule has 2 rings (SSSR count). The maximum absolute atomic E-state index is 5.70. The Labute approximate surface area is 75.4 Å². The van der Waals surface area contributed by atoms with E-state index in [9.17, 15) is 0 Å². The van der Waals surface area contributed by atoms with E-state index in [1.807, 2.05) is 0 Å². The number of hydrogen-bond donors (Lipinski definition) is 1. The number of hydrogen-bond acceptors (Lipinski definition) is 4. The summed E-state index contributed by atoms with van der Waals surface area (Å²) in [6, 6.07) is 3.53. The Kier molecular flexibility index (Phi) is 1.73. The molecule has 0 aliphatic carbocycles. The number of nitrogens with zero attached hydrogens (tertiary/aromatic N) is 2. The first kappa shape index (κ1) is 7.79. The van der Waals surface area contributed by atoms with Gasteiger partial charge in [0, 0.05) is 18.5 Å². The SMILES string of the molecule is COc1cc2nccnc2cc1N. The van der Waals surface area contributed by atoms with Gasteiger partial charge in [-0.1, -0.05) is 0 Å². The highest BCUT2D eigenvalue weighted by atomic mass is 16.5. The lowest BCUT2D eigenvalue weighted by molar-refractivity contribution is 0.417. The summed E-state index contributed by atoms with van der Waals surface area (Å²) in [5.41, 5.74) is 7.85. The summed E-state index contributed by atoms with van der Waals surface area (Å²) in [7, 11) is 1.58. The van der Waals surface area contributed by atoms with Crippen molar-refractivity contribution in [3.05, 3.63) is 24.5 Å². The maximum atomic E-state index is 5.70. The quantitative estimate of drug-likeness (QED) is 0.662. The van der Waals surface area contributed by atoms with Crippen LogP contribution in [0.4, 0.5) is 5.69 Å². The molecule has 0 saturated carbocycles. The van der Waals surface area contributed by atoms with Crippen molar-refractivity contribution in [3.63, 3.8) is 0 Å². The molecule has 4 heteroatoms. The van der Waals surface area contributed by atoms with Crippen molar-refractivity contribution >= 4 is 16.7 Å². The Morgan fingerprint density at radius 1 is 1.15 bits per heavy atom. The predicted octanol–water partition coefficient (Wildman–Crippen LogP) is 1.22. The van der Waals surface area contributed by atoms with E-state index in [0.717, 1.165) is 11.0 Å². The van der Waals surface area contributed by atoms with Gasteiger partial charge >= 0.3 is 0 Å². The summed E-state index contributed by atoms with van der Waals surface area (Å²) in [4.78, 5) is 8.25. The average Bonchev–Trinajstić information content (AvgIpc) is 2.17. The maximum Gasteiger partial charge on any atom is 0.144 e. The molecule has 0 atom stereocenters. The van der Waals surface area contributed by atoms with Crippen LogP contribution >= 0.6 is 0 Å². The van der Waals surface area contributed by atoms with Crippen molar-refractivity contribution in [3.8, 4) is 5.75 Å². The molecule has 66 valence electrons. The number of aromatic nitrogens is 2. The molecule has 13 heavy (non-hydrogen) atoms. The Bertz CT molecular complexity index is 442. The van der Waals surface area contributed by atoms with E-state index < -0.39 is 0 Å². The van der Waals surface area contributed by atoms with Crippen molar-refractivity contribution in [2.75, 3.05) is 12.8 Å². The molecule has 0 fully saturated rings. The lowest BCUT2D eigenvalue weighted by atomic mass is 10.2. The summed E-state index contributed by atoms with van der Waals surface area (Å²) in [6.45, 7) is 0. The molecule has 0 spiro atoms. The van der Waals surface area contributed by atoms with Crippen LogP contribution in [0.1, 0.15) is 0 Å². The van der Waals surface area contributed by atoms with Crippen LogP contribution in [-0.4, -0.2) is 17.1 Å². The number of methoxy groups -OCH3 is 1. The van der Waals surface area contributed by atoms with Gasteiger partial charge in [0.25, 0.3) is 0 Å². The summed E-state index contributed by atoms with van der Waals surface area (Å²) in [5, 5.41) is 0. The largest absolute Gasteiger partial charge is 0.495 e. The molecule has 0 saturated heterocycles. The van der Waals surface area contributed by atoms with Crippen LogP contribution in [0, 0.1) is 0 Å². The number of nitrogen functional groups attached to an aromatic ring is 1. The van der Waals surface area contributed by atoms with Crippen LogP contribution in [0.2, 0.25) is 0 Å². The fraction of sp³-hybridized carbons (Fsp3) is 0.111. The van der Waals surface area contributed by atoms with Crippen molar-refractivity contribution in [1.82, 2.24) is 9.97 Å². The van der Waals surface area contributed by atoms with Crippen LogP contribution in [0.25, 0.3) is 11.0 Å². The predicted molar refractivity (Wildman–Crippen MR) is 50.5 cm³/mol. The topological polar surface area (TPSA) is 61.0 Å². The van der Waals surface area contributed by atoms with E-state index in [2.05, 4.69) is 9.97 Å². The van der Waals surface area contributed by atoms with Gasteiger partial charge in [0.2, 0.25) is 0 Å². The Morgan fingerprint density at radius 3 is 2.38 bits per heavy atom. The Hall–Kier alpha value is -1.84. The third-order valence-corrected chi connectivity index (χ3v) is 1.82. The van der Waals surface area contributed by atoms with Crippen LogP contribution in [0.15, 0.2) is 24.5 Å². The Balaban J connectivity index is 2.74. The molecular weight excluding hydrogens is 166 g/mol. The van der Waals surface area contributed by atoms with Gasteiger partial charge in [-0.2, -0.15) is 0 Å². The van der Waals surface area contributed by atoms with Gasteiger partial charge < -0.3 is 10.5 Å². The van der Waals surface area contributed by atoms with Gasteiger partial charge in [-0.15, -0.1) is 0 Å². The molecule has 0 aliphatic rings. The molecule has 2 N–H and O–H groups in total. The standard InChI is InChI=1S/C9H9N3O/c1-13-9-5-8-7(4-6(9)10)11-2-3-12-8/h2-5H,10H2,1H3. The summed E-state index contributed by atoms with van der Waals surface area (Å²) in [6.07, 6.45) is 3.27. The van der Waals surface area contributed by atoms with Crippen LogP contribution in [0.5, 0.6) is 5.75 Å². The highest BCUT2D eigenvalue weighted by Gasteiger charge is 2.02. The minimum atomic E-state index is 0.579. The van der Waals surface area contributed by atoms with Gasteiger partial charge in [0.15, 0.2) is 0 Å². The third-order valence-electron chi connectivity index (χ3n) is 1.82. The zero-order valence-corrected chi connectivity index (χ0v) is 7.19. The molecule has 0 unspecified atom stereocenters. The number of benzene rings is 1. The van der Waals surface area contributed by atoms with E-state index in [4.69, 9.17) is 10.5 Å². The summed E-state index contributed by atoms with van der Waals surface area (Å²) in [5.74, 6) is 0.632. The van der Waals surface area contributed by atoms with Crippen molar-refractivity contribution < 1.29 is 4.74 Å². The second-order valence-corrected chi connectivity index (χ2v) is 2.64. The molecule has 4 nitrogen and oxygen atoms in total. The first-order valence-corrected chi connectivity index (χ1v) is 3.85. The van der Waals surface area contributed by atoms with Crippen molar-refractivity contribution in [1.29, 1.82) is 0 Å². The van der Waals surface area contributed by atoms with Crippen LogP contribution in [0.3, 0.4) is 0 Å². The third kappa shape index (κ3) is 1.26. The molecule has 0 aliphatic heterocycles. The van der Waals surface area contributed by atoms with Crippen LogP contribution in [-0.2, 0) is 0 Å². The van der Waals surface area contributed by atoms with E-state index in [-0.39, 0.29) is 0 Å². The molecule has 0 bridgehead atoms. The highest BCUT2D eigenvalue weighted by molar-refractivity contribution is 5.81. The van der Waals surface area contributed by atoms with E-state index in [1.54, 1.807) is 31.6 Å². The number of anilines is 1. The normalized spacial score (nSPS) is 10.2. The van der Waals surface area contributed by atoms with Gasteiger partial charge in [0.05, 0.1) is 23.8 Å². The average molecular weight is 175 g/mol. The minimum absolute atomic E-state index is 0.579. The summed E-state index contributed by atoms with van der Waals surface area (Å²) >= 11 is 0. The first-order valence-electron chi connectivity index (χ1n) is 3.85. The van der Waals surface area contributed by atoms with E-state index in [1.165, 1.54) is 0 Å². The first-order chi connectivity index (χ1) is 6.31. The van der Waals surface area contributed by atoms with Gasteiger partial charge in [-0.05, 0) is 6.07 Å². The molecule has 0 radical (unpaired) electrons. The smallest absolute Gasteiger partial charge is 0.144 e. The molecule has 1 heterocycles. The minimum Gasteiger partial charge on any atom is -0.495 e. The van der Waals surface area contributed by atoms with Crippen molar-refractivity contribution in [2.24, 2.45) is 0 Å². The number of nitrogens with two attached hydrogens (primary N) is 1. The second kappa shape index (κ2) is 2.90. The molecule has 2 aromatic rings. The highest BCUT2D eigenvalue weighted by Crippen LogP contribution is 2.24. The van der Waals surface area contributed by atoms with Crippen molar-refractivity contribution in [2.45, 2.75) is 0 Å². The fourth-order valence-electron chi connectivity index (χ4n) is 1.18. The van der Waals surface area contributed by atoms with Gasteiger partial charge in [-0.3, -0.25) is 9.97 Å².